The van der Waals surface area contributed by atoms with Crippen molar-refractivity contribution in [3.8, 4) is 0 Å². The van der Waals surface area contributed by atoms with Crippen molar-refractivity contribution in [2.45, 2.75) is 25.3 Å². The Morgan fingerprint density at radius 1 is 1.17 bits per heavy atom. The van der Waals surface area contributed by atoms with Crippen LogP contribution in [0.2, 0.25) is 0 Å². The Kier molecular flexibility index (Phi) is 3.18. The van der Waals surface area contributed by atoms with Crippen LogP contribution in [-0.2, 0) is 0 Å². The Morgan fingerprint density at radius 3 is 2.70 bits per heavy atom. The first-order valence-corrected chi connectivity index (χ1v) is 7.91. The van der Waals surface area contributed by atoms with Gasteiger partial charge < -0.3 is 5.32 Å². The molecule has 3 unspecified atom stereocenters. The highest BCUT2D eigenvalue weighted by Crippen LogP contribution is 2.50. The first-order chi connectivity index (χ1) is 11.1. The van der Waals surface area contributed by atoms with E-state index in [9.17, 15) is 10.1 Å². The summed E-state index contributed by atoms with van der Waals surface area (Å²) < 4.78 is 0. The number of benzene rings is 2. The molecule has 2 aliphatic rings. The summed E-state index contributed by atoms with van der Waals surface area (Å²) in [4.78, 5) is 10.7. The third kappa shape index (κ3) is 2.31. The number of non-ortho nitro benzene ring substituents is 1. The van der Waals surface area contributed by atoms with E-state index < -0.39 is 0 Å². The molecule has 0 aromatic heterocycles. The summed E-state index contributed by atoms with van der Waals surface area (Å²) in [5.41, 5.74) is 4.74. The van der Waals surface area contributed by atoms with E-state index >= 15 is 0 Å². The number of allylic oxidation sites excluding steroid dienone is 2. The predicted molar refractivity (Wildman–Crippen MR) is 90.6 cm³/mol. The van der Waals surface area contributed by atoms with Crippen LogP contribution in [0.3, 0.4) is 0 Å². The van der Waals surface area contributed by atoms with Crippen LogP contribution < -0.4 is 5.32 Å². The lowest BCUT2D eigenvalue weighted by Crippen LogP contribution is -2.29. The number of nitro benzene ring substituents is 1. The maximum atomic E-state index is 11.1. The Labute approximate surface area is 135 Å². The third-order valence-electron chi connectivity index (χ3n) is 4.99. The Bertz CT molecular complexity index is 796. The highest BCUT2D eigenvalue weighted by Gasteiger charge is 2.38. The number of fused-ring (bicyclic) bond motifs is 3. The number of nitro groups is 1. The maximum absolute atomic E-state index is 11.1. The topological polar surface area (TPSA) is 55.2 Å². The van der Waals surface area contributed by atoms with E-state index in [1.54, 1.807) is 12.1 Å². The van der Waals surface area contributed by atoms with Crippen LogP contribution in [-0.4, -0.2) is 4.92 Å². The van der Waals surface area contributed by atoms with Gasteiger partial charge in [-0.3, -0.25) is 10.1 Å². The molecule has 2 aromatic carbocycles. The lowest BCUT2D eigenvalue weighted by Gasteiger charge is -2.37. The SMILES string of the molecule is Cc1ccc(C2Nc3ccc([N+](=O)[O-])cc3C3C=CCC32)cc1. The molecule has 0 spiro atoms. The number of hydrogen-bond donors (Lipinski definition) is 1. The Morgan fingerprint density at radius 2 is 1.96 bits per heavy atom. The average Bonchev–Trinajstić information content (AvgIpc) is 3.04. The summed E-state index contributed by atoms with van der Waals surface area (Å²) in [6.07, 6.45) is 5.40. The van der Waals surface area contributed by atoms with E-state index in [0.717, 1.165) is 17.7 Å². The van der Waals surface area contributed by atoms with Crippen molar-refractivity contribution in [2.24, 2.45) is 5.92 Å². The standard InChI is InChI=1S/C19H18N2O2/c1-12-5-7-13(8-6-12)19-16-4-2-3-15(16)17-11-14(21(22)23)9-10-18(17)20-19/h2-3,5-11,15-16,19-20H,4H2,1H3. The zero-order chi connectivity index (χ0) is 16.0. The molecule has 0 saturated heterocycles. The zero-order valence-electron chi connectivity index (χ0n) is 12.9. The first-order valence-electron chi connectivity index (χ1n) is 7.91. The van der Waals surface area contributed by atoms with Gasteiger partial charge in [0.15, 0.2) is 0 Å². The van der Waals surface area contributed by atoms with E-state index in [4.69, 9.17) is 0 Å². The predicted octanol–water partition coefficient (Wildman–Crippen LogP) is 4.73. The number of nitrogens with one attached hydrogen (secondary N) is 1. The molecule has 0 amide bonds. The molecule has 3 atom stereocenters. The molecule has 0 saturated carbocycles. The molecule has 1 aliphatic carbocycles. The minimum atomic E-state index is -0.319. The smallest absolute Gasteiger partial charge is 0.269 e. The second-order valence-corrected chi connectivity index (χ2v) is 6.41. The fourth-order valence-electron chi connectivity index (χ4n) is 3.80. The number of rotatable bonds is 2. The summed E-state index contributed by atoms with van der Waals surface area (Å²) >= 11 is 0. The number of anilines is 1. The molecular weight excluding hydrogens is 288 g/mol. The van der Waals surface area contributed by atoms with E-state index in [0.29, 0.717) is 5.92 Å². The van der Waals surface area contributed by atoms with Crippen LogP contribution in [0.1, 0.15) is 35.1 Å². The van der Waals surface area contributed by atoms with Gasteiger partial charge in [0.1, 0.15) is 0 Å². The normalized spacial score (nSPS) is 24.7. The Hall–Kier alpha value is -2.62. The highest BCUT2D eigenvalue weighted by atomic mass is 16.6. The van der Waals surface area contributed by atoms with Crippen LogP contribution >= 0.6 is 0 Å². The van der Waals surface area contributed by atoms with Gasteiger partial charge in [-0.05, 0) is 36.5 Å². The van der Waals surface area contributed by atoms with Gasteiger partial charge in [0, 0.05) is 23.7 Å². The molecule has 2 aromatic rings. The number of nitrogens with zero attached hydrogens (tertiary/aromatic N) is 1. The maximum Gasteiger partial charge on any atom is 0.269 e. The lowest BCUT2D eigenvalue weighted by molar-refractivity contribution is -0.384. The zero-order valence-corrected chi connectivity index (χ0v) is 12.9. The first kappa shape index (κ1) is 14.0. The van der Waals surface area contributed by atoms with E-state index in [-0.39, 0.29) is 22.6 Å². The van der Waals surface area contributed by atoms with Gasteiger partial charge in [-0.15, -0.1) is 0 Å². The van der Waals surface area contributed by atoms with Crippen LogP contribution in [0, 0.1) is 23.0 Å². The molecule has 4 heteroatoms. The van der Waals surface area contributed by atoms with Gasteiger partial charge in [-0.1, -0.05) is 42.0 Å². The molecular formula is C19H18N2O2. The van der Waals surface area contributed by atoms with Crippen molar-refractivity contribution in [1.29, 1.82) is 0 Å². The largest absolute Gasteiger partial charge is 0.378 e. The molecule has 1 N–H and O–H groups in total. The molecule has 23 heavy (non-hydrogen) atoms. The molecule has 4 nitrogen and oxygen atoms in total. The monoisotopic (exact) mass is 306 g/mol. The fraction of sp³-hybridized carbons (Fsp3) is 0.263. The van der Waals surface area contributed by atoms with Gasteiger partial charge in [0.2, 0.25) is 0 Å². The van der Waals surface area contributed by atoms with Crippen molar-refractivity contribution in [1.82, 2.24) is 0 Å². The van der Waals surface area contributed by atoms with Gasteiger partial charge in [0.05, 0.1) is 11.0 Å². The van der Waals surface area contributed by atoms with E-state index in [1.807, 2.05) is 6.07 Å². The molecule has 4 rings (SSSR count). The van der Waals surface area contributed by atoms with Gasteiger partial charge in [0.25, 0.3) is 5.69 Å². The lowest BCUT2D eigenvalue weighted by atomic mass is 9.77. The third-order valence-corrected chi connectivity index (χ3v) is 4.99. The second kappa shape index (κ2) is 5.23. The second-order valence-electron chi connectivity index (χ2n) is 6.41. The summed E-state index contributed by atoms with van der Waals surface area (Å²) in [6.45, 7) is 2.09. The highest BCUT2D eigenvalue weighted by molar-refractivity contribution is 5.62. The number of hydrogen-bond acceptors (Lipinski definition) is 3. The molecule has 116 valence electrons. The quantitative estimate of drug-likeness (QED) is 0.496. The summed E-state index contributed by atoms with van der Waals surface area (Å²) in [5, 5.41) is 14.7. The van der Waals surface area contributed by atoms with Gasteiger partial charge >= 0.3 is 0 Å². The molecule has 0 radical (unpaired) electrons. The van der Waals surface area contributed by atoms with Crippen LogP contribution in [0.5, 0.6) is 0 Å². The van der Waals surface area contributed by atoms with Crippen LogP contribution in [0.4, 0.5) is 11.4 Å². The molecule has 1 heterocycles. The molecule has 0 bridgehead atoms. The number of aryl methyl sites for hydroxylation is 1. The minimum Gasteiger partial charge on any atom is -0.378 e. The molecule has 1 aliphatic heterocycles. The minimum absolute atomic E-state index is 0.165. The van der Waals surface area contributed by atoms with Gasteiger partial charge in [-0.25, -0.2) is 0 Å². The van der Waals surface area contributed by atoms with Crippen molar-refractivity contribution in [3.05, 3.63) is 81.4 Å². The summed E-state index contributed by atoms with van der Waals surface area (Å²) in [7, 11) is 0. The van der Waals surface area contributed by atoms with Gasteiger partial charge in [-0.2, -0.15) is 0 Å². The van der Waals surface area contributed by atoms with Crippen LogP contribution in [0.15, 0.2) is 54.6 Å². The van der Waals surface area contributed by atoms with Crippen molar-refractivity contribution in [3.63, 3.8) is 0 Å². The average molecular weight is 306 g/mol. The van der Waals surface area contributed by atoms with E-state index in [1.165, 1.54) is 11.1 Å². The summed E-state index contributed by atoms with van der Waals surface area (Å²) in [5.74, 6) is 0.657. The Balaban J connectivity index is 1.77. The molecule has 0 fully saturated rings. The van der Waals surface area contributed by atoms with E-state index in [2.05, 4.69) is 48.7 Å². The van der Waals surface area contributed by atoms with Crippen molar-refractivity contribution in [2.75, 3.05) is 5.32 Å². The summed E-state index contributed by atoms with van der Waals surface area (Å²) in [6, 6.07) is 14.0. The van der Waals surface area contributed by atoms with Crippen molar-refractivity contribution < 1.29 is 4.92 Å². The van der Waals surface area contributed by atoms with Crippen molar-refractivity contribution >= 4 is 11.4 Å². The van der Waals surface area contributed by atoms with Crippen LogP contribution in [0.25, 0.3) is 0 Å². The fourth-order valence-corrected chi connectivity index (χ4v) is 3.80.